The monoisotopic (exact) mass is 266 g/mol. The van der Waals surface area contributed by atoms with Gasteiger partial charge in [-0.1, -0.05) is 0 Å². The lowest BCUT2D eigenvalue weighted by atomic mass is 10.2. The number of unbranched alkanes of at least 4 members (excludes halogenated alkanes) is 2. The normalized spacial score (nSPS) is 18.8. The summed E-state index contributed by atoms with van der Waals surface area (Å²) in [5.41, 5.74) is 0. The molecule has 1 rings (SSSR count). The maximum atomic E-state index is 12.1. The molecule has 0 amide bonds. The Morgan fingerprint density at radius 1 is 1.24 bits per heavy atom. The van der Waals surface area contributed by atoms with E-state index in [4.69, 9.17) is 9.84 Å². The summed E-state index contributed by atoms with van der Waals surface area (Å²) < 4.78 is 32.2. The van der Waals surface area contributed by atoms with Crippen LogP contribution in [0, 0.1) is 0 Å². The Morgan fingerprint density at radius 3 is 2.47 bits per heavy atom. The van der Waals surface area contributed by atoms with E-state index < -0.39 is 10.2 Å². The average molecular weight is 266 g/mol. The first-order valence-electron chi connectivity index (χ1n) is 5.99. The van der Waals surface area contributed by atoms with E-state index in [2.05, 4.69) is 0 Å². The van der Waals surface area contributed by atoms with Gasteiger partial charge in [0.25, 0.3) is 10.2 Å². The Hall–Kier alpha value is -0.210. The molecule has 0 radical (unpaired) electrons. The van der Waals surface area contributed by atoms with Gasteiger partial charge < -0.3 is 9.84 Å². The SMILES string of the molecule is CN(CCCCCO)S(=O)(=O)N1CCOCC1. The lowest BCUT2D eigenvalue weighted by molar-refractivity contribution is 0.0706. The van der Waals surface area contributed by atoms with Crippen LogP contribution in [-0.2, 0) is 14.9 Å². The van der Waals surface area contributed by atoms with Gasteiger partial charge in [-0.15, -0.1) is 0 Å². The van der Waals surface area contributed by atoms with Gasteiger partial charge in [-0.05, 0) is 19.3 Å². The molecular formula is C10H22N2O4S. The molecule has 1 aliphatic heterocycles. The zero-order chi connectivity index (χ0) is 12.7. The molecule has 0 bridgehead atoms. The van der Waals surface area contributed by atoms with Crippen LogP contribution in [0.25, 0.3) is 0 Å². The second-order valence-corrected chi connectivity index (χ2v) is 6.16. The van der Waals surface area contributed by atoms with Crippen molar-refractivity contribution in [1.82, 2.24) is 8.61 Å². The Labute approximate surface area is 103 Å². The molecular weight excluding hydrogens is 244 g/mol. The topological polar surface area (TPSA) is 70.1 Å². The second-order valence-electron chi connectivity index (χ2n) is 4.13. The zero-order valence-corrected chi connectivity index (χ0v) is 11.2. The smallest absolute Gasteiger partial charge is 0.281 e. The number of hydrogen-bond acceptors (Lipinski definition) is 4. The first kappa shape index (κ1) is 14.8. The lowest BCUT2D eigenvalue weighted by Gasteiger charge is -2.30. The molecule has 1 heterocycles. The third kappa shape index (κ3) is 4.51. The Kier molecular flexibility index (Phi) is 6.35. The highest BCUT2D eigenvalue weighted by molar-refractivity contribution is 7.86. The van der Waals surface area contributed by atoms with Gasteiger partial charge in [-0.25, -0.2) is 0 Å². The summed E-state index contributed by atoms with van der Waals surface area (Å²) in [5.74, 6) is 0. The van der Waals surface area contributed by atoms with Crippen molar-refractivity contribution in [2.24, 2.45) is 0 Å². The molecule has 0 atom stereocenters. The van der Waals surface area contributed by atoms with Crippen LogP contribution >= 0.6 is 0 Å². The van der Waals surface area contributed by atoms with Gasteiger partial charge in [-0.2, -0.15) is 17.0 Å². The molecule has 0 spiro atoms. The van der Waals surface area contributed by atoms with Crippen molar-refractivity contribution < 1.29 is 18.3 Å². The molecule has 1 N–H and O–H groups in total. The first-order chi connectivity index (χ1) is 8.09. The third-order valence-electron chi connectivity index (χ3n) is 2.82. The van der Waals surface area contributed by atoms with Crippen molar-refractivity contribution in [3.63, 3.8) is 0 Å². The second kappa shape index (κ2) is 7.27. The largest absolute Gasteiger partial charge is 0.396 e. The molecule has 1 saturated heterocycles. The van der Waals surface area contributed by atoms with Gasteiger partial charge in [0.2, 0.25) is 0 Å². The fourth-order valence-electron chi connectivity index (χ4n) is 1.71. The minimum Gasteiger partial charge on any atom is -0.396 e. The fraction of sp³-hybridized carbons (Fsp3) is 1.00. The standard InChI is InChI=1S/C10H22N2O4S/c1-11(5-3-2-4-8-13)17(14,15)12-6-9-16-10-7-12/h13H,2-10H2,1H3. The third-order valence-corrected chi connectivity index (χ3v) is 4.81. The first-order valence-corrected chi connectivity index (χ1v) is 7.38. The van der Waals surface area contributed by atoms with Crippen LogP contribution in [0.15, 0.2) is 0 Å². The van der Waals surface area contributed by atoms with E-state index >= 15 is 0 Å². The summed E-state index contributed by atoms with van der Waals surface area (Å²) >= 11 is 0. The van der Waals surface area contributed by atoms with Crippen LogP contribution in [0.2, 0.25) is 0 Å². The molecule has 0 aromatic carbocycles. The van der Waals surface area contributed by atoms with Crippen molar-refractivity contribution in [1.29, 1.82) is 0 Å². The van der Waals surface area contributed by atoms with Gasteiger partial charge in [0, 0.05) is 33.3 Å². The van der Waals surface area contributed by atoms with E-state index in [1.807, 2.05) is 0 Å². The molecule has 0 unspecified atom stereocenters. The van der Waals surface area contributed by atoms with E-state index in [9.17, 15) is 8.42 Å². The number of morpholine rings is 1. The van der Waals surface area contributed by atoms with Crippen molar-refractivity contribution in [3.8, 4) is 0 Å². The van der Waals surface area contributed by atoms with Crippen molar-refractivity contribution >= 4 is 10.2 Å². The van der Waals surface area contributed by atoms with E-state index in [1.165, 1.54) is 8.61 Å². The summed E-state index contributed by atoms with van der Waals surface area (Å²) in [6.45, 7) is 2.47. The predicted molar refractivity (Wildman–Crippen MR) is 64.9 cm³/mol. The number of aliphatic hydroxyl groups excluding tert-OH is 1. The van der Waals surface area contributed by atoms with Crippen LogP contribution in [0.3, 0.4) is 0 Å². The average Bonchev–Trinajstić information content (AvgIpc) is 2.35. The minimum absolute atomic E-state index is 0.167. The molecule has 0 aliphatic carbocycles. The van der Waals surface area contributed by atoms with Crippen molar-refractivity contribution in [3.05, 3.63) is 0 Å². The Morgan fingerprint density at radius 2 is 1.88 bits per heavy atom. The van der Waals surface area contributed by atoms with E-state index in [0.717, 1.165) is 19.3 Å². The van der Waals surface area contributed by atoms with Gasteiger partial charge in [0.1, 0.15) is 0 Å². The highest BCUT2D eigenvalue weighted by atomic mass is 32.2. The minimum atomic E-state index is -3.33. The zero-order valence-electron chi connectivity index (χ0n) is 10.3. The molecule has 102 valence electrons. The highest BCUT2D eigenvalue weighted by Crippen LogP contribution is 2.10. The number of aliphatic hydroxyl groups is 1. The van der Waals surface area contributed by atoms with Crippen LogP contribution in [0.4, 0.5) is 0 Å². The number of ether oxygens (including phenoxy) is 1. The maximum Gasteiger partial charge on any atom is 0.281 e. The molecule has 0 saturated carbocycles. The molecule has 0 aromatic rings. The van der Waals surface area contributed by atoms with Gasteiger partial charge >= 0.3 is 0 Å². The quantitative estimate of drug-likeness (QED) is 0.640. The molecule has 1 aliphatic rings. The van der Waals surface area contributed by atoms with Gasteiger partial charge in [-0.3, -0.25) is 0 Å². The van der Waals surface area contributed by atoms with Crippen LogP contribution in [0.1, 0.15) is 19.3 Å². The van der Waals surface area contributed by atoms with Crippen LogP contribution in [0.5, 0.6) is 0 Å². The summed E-state index contributed by atoms with van der Waals surface area (Å²) in [6.07, 6.45) is 2.35. The van der Waals surface area contributed by atoms with E-state index in [-0.39, 0.29) is 6.61 Å². The van der Waals surface area contributed by atoms with Crippen molar-refractivity contribution in [2.75, 3.05) is 46.5 Å². The predicted octanol–water partition coefficient (Wildman–Crippen LogP) is -0.342. The molecule has 6 nitrogen and oxygen atoms in total. The fourth-order valence-corrected chi connectivity index (χ4v) is 3.08. The Balaban J connectivity index is 2.39. The molecule has 7 heteroatoms. The number of nitrogens with zero attached hydrogens (tertiary/aromatic N) is 2. The summed E-state index contributed by atoms with van der Waals surface area (Å²) in [4.78, 5) is 0. The van der Waals surface area contributed by atoms with Gasteiger partial charge in [0.05, 0.1) is 13.2 Å². The number of hydrogen-bond donors (Lipinski definition) is 1. The van der Waals surface area contributed by atoms with Gasteiger partial charge in [0.15, 0.2) is 0 Å². The highest BCUT2D eigenvalue weighted by Gasteiger charge is 2.27. The molecule has 1 fully saturated rings. The van der Waals surface area contributed by atoms with Crippen LogP contribution in [-0.4, -0.2) is 68.6 Å². The maximum absolute atomic E-state index is 12.1. The van der Waals surface area contributed by atoms with Crippen LogP contribution < -0.4 is 0 Å². The number of rotatable bonds is 7. The summed E-state index contributed by atoms with van der Waals surface area (Å²) in [6, 6.07) is 0. The molecule has 0 aromatic heterocycles. The van der Waals surface area contributed by atoms with E-state index in [0.29, 0.717) is 32.8 Å². The lowest BCUT2D eigenvalue weighted by Crippen LogP contribution is -2.47. The summed E-state index contributed by atoms with van der Waals surface area (Å²) in [7, 11) is -1.72. The molecule has 17 heavy (non-hydrogen) atoms. The Bertz CT molecular complexity index is 301. The van der Waals surface area contributed by atoms with E-state index in [1.54, 1.807) is 7.05 Å². The summed E-state index contributed by atoms with van der Waals surface area (Å²) in [5, 5.41) is 8.64. The van der Waals surface area contributed by atoms with Crippen molar-refractivity contribution in [2.45, 2.75) is 19.3 Å².